The van der Waals surface area contributed by atoms with Gasteiger partial charge in [-0.3, -0.25) is 0 Å². The Bertz CT molecular complexity index is 532. The van der Waals surface area contributed by atoms with Crippen molar-refractivity contribution in [1.29, 1.82) is 0 Å². The molecule has 0 saturated heterocycles. The molecule has 1 aliphatic rings. The number of thiophene rings is 1. The van der Waals surface area contributed by atoms with Crippen LogP contribution < -0.4 is 4.72 Å². The summed E-state index contributed by atoms with van der Waals surface area (Å²) in [5, 5.41) is 9.15. The Morgan fingerprint density at radius 1 is 1.53 bits per heavy atom. The summed E-state index contributed by atoms with van der Waals surface area (Å²) in [4.78, 5) is 0.718. The van der Waals surface area contributed by atoms with Crippen LogP contribution in [0.15, 0.2) is 10.3 Å². The van der Waals surface area contributed by atoms with Gasteiger partial charge in [-0.2, -0.15) is 0 Å². The maximum atomic E-state index is 12.3. The molecule has 19 heavy (non-hydrogen) atoms. The number of hydrogen-bond acceptors (Lipinski definition) is 4. The second-order valence-electron chi connectivity index (χ2n) is 5.24. The molecule has 1 aliphatic carbocycles. The van der Waals surface area contributed by atoms with Crippen molar-refractivity contribution in [2.45, 2.75) is 56.4 Å². The summed E-state index contributed by atoms with van der Waals surface area (Å²) >= 11 is 1.15. The first-order valence-electron chi connectivity index (χ1n) is 6.68. The zero-order valence-corrected chi connectivity index (χ0v) is 13.0. The fraction of sp³-hybridized carbons (Fsp3) is 0.692. The van der Waals surface area contributed by atoms with Crippen molar-refractivity contribution in [2.24, 2.45) is 5.92 Å². The molecule has 0 amide bonds. The molecule has 108 valence electrons. The highest BCUT2D eigenvalue weighted by Gasteiger charge is 2.28. The summed E-state index contributed by atoms with van der Waals surface area (Å²) in [5.41, 5.74) is 0.836. The van der Waals surface area contributed by atoms with Crippen LogP contribution in [0.3, 0.4) is 0 Å². The predicted octanol–water partition coefficient (Wildman–Crippen LogP) is 2.41. The van der Waals surface area contributed by atoms with Crippen LogP contribution in [0.1, 0.15) is 43.0 Å². The van der Waals surface area contributed by atoms with Gasteiger partial charge >= 0.3 is 0 Å². The standard InChI is InChI=1S/C13H21NO3S2/c1-3-11(7-10-4-5-10)14-19(16,17)13-6-9(2)12(8-15)18-13/h6,10-11,14-15H,3-5,7-8H2,1-2H3. The van der Waals surface area contributed by atoms with Gasteiger partial charge in [0.15, 0.2) is 0 Å². The van der Waals surface area contributed by atoms with E-state index in [0.717, 1.165) is 34.6 Å². The SMILES string of the molecule is CCC(CC1CC1)NS(=O)(=O)c1cc(C)c(CO)s1. The molecule has 1 aromatic heterocycles. The summed E-state index contributed by atoms with van der Waals surface area (Å²) in [6, 6.07) is 1.67. The molecule has 4 nitrogen and oxygen atoms in total. The minimum atomic E-state index is -3.44. The van der Waals surface area contributed by atoms with Gasteiger partial charge < -0.3 is 5.11 Å². The molecule has 1 unspecified atom stereocenters. The average Bonchev–Trinajstić information content (AvgIpc) is 3.08. The number of aliphatic hydroxyl groups is 1. The molecule has 1 aromatic rings. The Morgan fingerprint density at radius 3 is 2.68 bits per heavy atom. The van der Waals surface area contributed by atoms with Crippen molar-refractivity contribution in [3.8, 4) is 0 Å². The van der Waals surface area contributed by atoms with E-state index in [9.17, 15) is 8.42 Å². The minimum Gasteiger partial charge on any atom is -0.391 e. The first-order valence-corrected chi connectivity index (χ1v) is 8.98. The van der Waals surface area contributed by atoms with E-state index < -0.39 is 10.0 Å². The predicted molar refractivity (Wildman–Crippen MR) is 76.7 cm³/mol. The molecule has 2 N–H and O–H groups in total. The lowest BCUT2D eigenvalue weighted by Crippen LogP contribution is -2.34. The van der Waals surface area contributed by atoms with Crippen LogP contribution in [-0.2, 0) is 16.6 Å². The molecule has 1 saturated carbocycles. The van der Waals surface area contributed by atoms with Gasteiger partial charge in [0, 0.05) is 10.9 Å². The number of aryl methyl sites for hydroxylation is 1. The highest BCUT2D eigenvalue weighted by atomic mass is 32.2. The normalized spacial score (nSPS) is 17.6. The molecule has 0 spiro atoms. The number of nitrogens with one attached hydrogen (secondary N) is 1. The van der Waals surface area contributed by atoms with Gasteiger partial charge in [0.2, 0.25) is 10.0 Å². The van der Waals surface area contributed by atoms with Gasteiger partial charge in [0.1, 0.15) is 4.21 Å². The Kier molecular flexibility index (Phi) is 4.66. The van der Waals surface area contributed by atoms with Crippen molar-refractivity contribution < 1.29 is 13.5 Å². The first-order chi connectivity index (χ1) is 8.96. The zero-order valence-electron chi connectivity index (χ0n) is 11.3. The molecule has 0 radical (unpaired) electrons. The Labute approximate surface area is 118 Å². The summed E-state index contributed by atoms with van der Waals surface area (Å²) in [6.07, 6.45) is 4.20. The summed E-state index contributed by atoms with van der Waals surface area (Å²) in [5.74, 6) is 0.700. The van der Waals surface area contributed by atoms with Crippen molar-refractivity contribution >= 4 is 21.4 Å². The maximum absolute atomic E-state index is 12.3. The van der Waals surface area contributed by atoms with Crippen LogP contribution in [0.2, 0.25) is 0 Å². The zero-order chi connectivity index (χ0) is 14.0. The van der Waals surface area contributed by atoms with E-state index in [0.29, 0.717) is 10.1 Å². The van der Waals surface area contributed by atoms with Crippen molar-refractivity contribution in [1.82, 2.24) is 4.72 Å². The molecule has 6 heteroatoms. The molecule has 1 fully saturated rings. The molecule has 0 bridgehead atoms. The fourth-order valence-electron chi connectivity index (χ4n) is 2.11. The third-order valence-corrected chi connectivity index (χ3v) is 6.75. The van der Waals surface area contributed by atoms with E-state index in [1.807, 2.05) is 13.8 Å². The third kappa shape index (κ3) is 3.78. The smallest absolute Gasteiger partial charge is 0.250 e. The van der Waals surface area contributed by atoms with Crippen LogP contribution in [-0.4, -0.2) is 19.6 Å². The van der Waals surface area contributed by atoms with Crippen LogP contribution in [0, 0.1) is 12.8 Å². The Hall–Kier alpha value is -0.430. The highest BCUT2D eigenvalue weighted by molar-refractivity contribution is 7.91. The molecular weight excluding hydrogens is 282 g/mol. The van der Waals surface area contributed by atoms with E-state index >= 15 is 0 Å². The molecular formula is C13H21NO3S2. The molecule has 1 heterocycles. The number of hydrogen-bond donors (Lipinski definition) is 2. The largest absolute Gasteiger partial charge is 0.391 e. The average molecular weight is 303 g/mol. The van der Waals surface area contributed by atoms with Gasteiger partial charge in [-0.25, -0.2) is 13.1 Å². The van der Waals surface area contributed by atoms with E-state index in [2.05, 4.69) is 4.72 Å². The highest BCUT2D eigenvalue weighted by Crippen LogP contribution is 2.34. The third-order valence-electron chi connectivity index (χ3n) is 3.54. The molecule has 2 rings (SSSR count). The Morgan fingerprint density at radius 2 is 2.21 bits per heavy atom. The van der Waals surface area contributed by atoms with Gasteiger partial charge in [0.25, 0.3) is 0 Å². The number of rotatable bonds is 7. The lowest BCUT2D eigenvalue weighted by molar-refractivity contribution is 0.285. The summed E-state index contributed by atoms with van der Waals surface area (Å²) in [6.45, 7) is 3.72. The molecule has 1 atom stereocenters. The van der Waals surface area contributed by atoms with Crippen molar-refractivity contribution in [3.05, 3.63) is 16.5 Å². The second-order valence-corrected chi connectivity index (χ2v) is 8.31. The van der Waals surface area contributed by atoms with Crippen LogP contribution in [0.5, 0.6) is 0 Å². The van der Waals surface area contributed by atoms with Crippen molar-refractivity contribution in [3.63, 3.8) is 0 Å². The van der Waals surface area contributed by atoms with E-state index in [1.54, 1.807) is 6.07 Å². The van der Waals surface area contributed by atoms with Gasteiger partial charge in [-0.15, -0.1) is 11.3 Å². The van der Waals surface area contributed by atoms with Gasteiger partial charge in [-0.05, 0) is 37.3 Å². The molecule has 0 aliphatic heterocycles. The second kappa shape index (κ2) is 5.91. The van der Waals surface area contributed by atoms with Crippen molar-refractivity contribution in [2.75, 3.05) is 0 Å². The summed E-state index contributed by atoms with van der Waals surface area (Å²) < 4.78 is 27.7. The first kappa shape index (κ1) is 15.0. The van der Waals surface area contributed by atoms with Crippen LogP contribution in [0.25, 0.3) is 0 Å². The number of aliphatic hydroxyl groups excluding tert-OH is 1. The monoisotopic (exact) mass is 303 g/mol. The lowest BCUT2D eigenvalue weighted by Gasteiger charge is -2.15. The summed E-state index contributed by atoms with van der Waals surface area (Å²) in [7, 11) is -3.44. The van der Waals surface area contributed by atoms with E-state index in [-0.39, 0.29) is 12.6 Å². The van der Waals surface area contributed by atoms with Crippen LogP contribution in [0.4, 0.5) is 0 Å². The Balaban J connectivity index is 2.11. The van der Waals surface area contributed by atoms with Gasteiger partial charge in [0.05, 0.1) is 6.61 Å². The van der Waals surface area contributed by atoms with Gasteiger partial charge in [-0.1, -0.05) is 19.8 Å². The topological polar surface area (TPSA) is 66.4 Å². The van der Waals surface area contributed by atoms with Crippen LogP contribution >= 0.6 is 11.3 Å². The quantitative estimate of drug-likeness (QED) is 0.813. The minimum absolute atomic E-state index is 0.0254. The van der Waals surface area contributed by atoms with E-state index in [4.69, 9.17) is 5.11 Å². The lowest BCUT2D eigenvalue weighted by atomic mass is 10.1. The maximum Gasteiger partial charge on any atom is 0.250 e. The fourth-order valence-corrected chi connectivity index (χ4v) is 4.91. The van der Waals surface area contributed by atoms with E-state index in [1.165, 1.54) is 12.8 Å². The number of sulfonamides is 1. The molecule has 0 aromatic carbocycles.